The van der Waals surface area contributed by atoms with Gasteiger partial charge in [-0.15, -0.1) is 0 Å². The average molecular weight is 173 g/mol. The van der Waals surface area contributed by atoms with Crippen LogP contribution in [0.25, 0.3) is 0 Å². The zero-order chi connectivity index (χ0) is 9.14. The van der Waals surface area contributed by atoms with Gasteiger partial charge in [0, 0.05) is 5.56 Å². The van der Waals surface area contributed by atoms with E-state index in [0.717, 1.165) is 6.07 Å². The molecule has 0 saturated carbocycles. The van der Waals surface area contributed by atoms with Crippen molar-refractivity contribution < 1.29 is 13.9 Å². The molecule has 0 unspecified atom stereocenters. The van der Waals surface area contributed by atoms with Crippen molar-refractivity contribution in [1.82, 2.24) is 0 Å². The van der Waals surface area contributed by atoms with Crippen molar-refractivity contribution in [1.29, 1.82) is 0 Å². The molecule has 1 aromatic rings. The summed E-state index contributed by atoms with van der Waals surface area (Å²) in [6.45, 7) is -0.402. The highest BCUT2D eigenvalue weighted by Crippen LogP contribution is 2.16. The van der Waals surface area contributed by atoms with Crippen molar-refractivity contribution in [2.24, 2.45) is 5.73 Å². The van der Waals surface area contributed by atoms with Crippen LogP contribution in [0.5, 0.6) is 0 Å². The molecule has 0 saturated heterocycles. The third kappa shape index (κ3) is 1.60. The second-order valence-corrected chi connectivity index (χ2v) is 2.43. The first-order chi connectivity index (χ1) is 5.66. The first kappa shape index (κ1) is 9.09. The maximum atomic E-state index is 12.9. The van der Waals surface area contributed by atoms with Gasteiger partial charge in [-0.25, -0.2) is 8.78 Å². The minimum absolute atomic E-state index is 0.00231. The Labute approximate surface area is 68.6 Å². The van der Waals surface area contributed by atoms with Crippen molar-refractivity contribution in [3.05, 3.63) is 35.4 Å². The molecule has 1 atom stereocenters. The molecule has 3 N–H and O–H groups in total. The van der Waals surface area contributed by atoms with E-state index in [1.54, 1.807) is 0 Å². The molecule has 12 heavy (non-hydrogen) atoms. The Balaban J connectivity index is 3.07. The Morgan fingerprint density at radius 3 is 2.67 bits per heavy atom. The molecular formula is C8H9F2NO. The van der Waals surface area contributed by atoms with E-state index in [0.29, 0.717) is 0 Å². The van der Waals surface area contributed by atoms with E-state index < -0.39 is 24.3 Å². The Bertz CT molecular complexity index is 278. The Hall–Kier alpha value is -1.00. The lowest BCUT2D eigenvalue weighted by atomic mass is 10.1. The van der Waals surface area contributed by atoms with Crippen molar-refractivity contribution in [3.63, 3.8) is 0 Å². The molecule has 0 heterocycles. The van der Waals surface area contributed by atoms with E-state index in [1.165, 1.54) is 12.1 Å². The van der Waals surface area contributed by atoms with Gasteiger partial charge in [0.25, 0.3) is 0 Å². The van der Waals surface area contributed by atoms with Gasteiger partial charge in [-0.1, -0.05) is 12.1 Å². The zero-order valence-corrected chi connectivity index (χ0v) is 6.30. The highest BCUT2D eigenvalue weighted by Gasteiger charge is 2.12. The summed E-state index contributed by atoms with van der Waals surface area (Å²) in [5, 5.41) is 8.59. The van der Waals surface area contributed by atoms with Gasteiger partial charge in [0.15, 0.2) is 11.6 Å². The molecule has 0 radical (unpaired) electrons. The van der Waals surface area contributed by atoms with Crippen molar-refractivity contribution >= 4 is 0 Å². The standard InChI is InChI=1S/C8H9F2NO/c9-6-3-1-2-5(8(6)10)7(11)4-12/h1-3,7,12H,4,11H2/t7-/m0/s1. The minimum Gasteiger partial charge on any atom is -0.394 e. The van der Waals surface area contributed by atoms with Gasteiger partial charge in [0.2, 0.25) is 0 Å². The largest absolute Gasteiger partial charge is 0.394 e. The van der Waals surface area contributed by atoms with Gasteiger partial charge < -0.3 is 10.8 Å². The maximum absolute atomic E-state index is 12.9. The molecule has 0 spiro atoms. The van der Waals surface area contributed by atoms with Crippen LogP contribution in [0.15, 0.2) is 18.2 Å². The molecule has 0 fully saturated rings. The summed E-state index contributed by atoms with van der Waals surface area (Å²) >= 11 is 0. The first-order valence-electron chi connectivity index (χ1n) is 3.47. The summed E-state index contributed by atoms with van der Waals surface area (Å²) in [4.78, 5) is 0. The molecule has 1 aromatic carbocycles. The van der Waals surface area contributed by atoms with E-state index in [2.05, 4.69) is 0 Å². The van der Waals surface area contributed by atoms with Crippen LogP contribution in [0.1, 0.15) is 11.6 Å². The van der Waals surface area contributed by atoms with E-state index >= 15 is 0 Å². The van der Waals surface area contributed by atoms with Crippen LogP contribution in [-0.4, -0.2) is 11.7 Å². The fourth-order valence-corrected chi connectivity index (χ4v) is 0.905. The van der Waals surface area contributed by atoms with Crippen molar-refractivity contribution in [3.8, 4) is 0 Å². The predicted molar refractivity (Wildman–Crippen MR) is 40.4 cm³/mol. The minimum atomic E-state index is -0.987. The molecule has 2 nitrogen and oxygen atoms in total. The van der Waals surface area contributed by atoms with Crippen LogP contribution in [0.4, 0.5) is 8.78 Å². The topological polar surface area (TPSA) is 46.2 Å². The van der Waals surface area contributed by atoms with Crippen LogP contribution in [0.2, 0.25) is 0 Å². The predicted octanol–water partition coefficient (Wildman–Crippen LogP) is 0.957. The van der Waals surface area contributed by atoms with Crippen LogP contribution >= 0.6 is 0 Å². The molecule has 4 heteroatoms. The molecule has 66 valence electrons. The van der Waals surface area contributed by atoms with E-state index in [9.17, 15) is 8.78 Å². The fourth-order valence-electron chi connectivity index (χ4n) is 0.905. The van der Waals surface area contributed by atoms with Crippen LogP contribution in [0, 0.1) is 11.6 Å². The van der Waals surface area contributed by atoms with Gasteiger partial charge in [0.05, 0.1) is 12.6 Å². The van der Waals surface area contributed by atoms with E-state index in [-0.39, 0.29) is 5.56 Å². The molecule has 0 bridgehead atoms. The second-order valence-electron chi connectivity index (χ2n) is 2.43. The maximum Gasteiger partial charge on any atom is 0.163 e. The normalized spacial score (nSPS) is 13.0. The molecule has 1 rings (SSSR count). The van der Waals surface area contributed by atoms with Crippen LogP contribution in [-0.2, 0) is 0 Å². The van der Waals surface area contributed by atoms with E-state index in [1.807, 2.05) is 0 Å². The Morgan fingerprint density at radius 1 is 1.42 bits per heavy atom. The third-order valence-corrected chi connectivity index (χ3v) is 1.58. The number of hydrogen-bond donors (Lipinski definition) is 2. The lowest BCUT2D eigenvalue weighted by molar-refractivity contribution is 0.264. The van der Waals surface area contributed by atoms with Gasteiger partial charge >= 0.3 is 0 Å². The number of hydrogen-bond acceptors (Lipinski definition) is 2. The van der Waals surface area contributed by atoms with Gasteiger partial charge in [0.1, 0.15) is 0 Å². The molecular weight excluding hydrogens is 164 g/mol. The SMILES string of the molecule is N[C@@H](CO)c1cccc(F)c1F. The van der Waals surface area contributed by atoms with Crippen molar-refractivity contribution in [2.75, 3.05) is 6.61 Å². The summed E-state index contributed by atoms with van der Waals surface area (Å²) in [7, 11) is 0. The smallest absolute Gasteiger partial charge is 0.163 e. The summed E-state index contributed by atoms with van der Waals surface area (Å²) in [6, 6.07) is 2.84. The number of aliphatic hydroxyl groups is 1. The monoisotopic (exact) mass is 173 g/mol. The van der Waals surface area contributed by atoms with Gasteiger partial charge in [-0.2, -0.15) is 0 Å². The summed E-state index contributed by atoms with van der Waals surface area (Å²) in [6.07, 6.45) is 0. The Kier molecular flexibility index (Phi) is 2.73. The number of aliphatic hydroxyl groups excluding tert-OH is 1. The molecule has 0 amide bonds. The van der Waals surface area contributed by atoms with E-state index in [4.69, 9.17) is 10.8 Å². The summed E-state index contributed by atoms with van der Waals surface area (Å²) in [5.41, 5.74) is 5.30. The molecule has 0 aliphatic rings. The highest BCUT2D eigenvalue weighted by atomic mass is 19.2. The van der Waals surface area contributed by atoms with Crippen LogP contribution in [0.3, 0.4) is 0 Å². The molecule has 0 aliphatic heterocycles. The van der Waals surface area contributed by atoms with Gasteiger partial charge in [-0.3, -0.25) is 0 Å². The first-order valence-corrected chi connectivity index (χ1v) is 3.47. The summed E-state index contributed by atoms with van der Waals surface area (Å²) < 4.78 is 25.4. The number of nitrogens with two attached hydrogens (primary N) is 1. The number of benzene rings is 1. The Morgan fingerprint density at radius 2 is 2.08 bits per heavy atom. The number of halogens is 2. The zero-order valence-electron chi connectivity index (χ0n) is 6.30. The van der Waals surface area contributed by atoms with Crippen molar-refractivity contribution in [2.45, 2.75) is 6.04 Å². The second kappa shape index (κ2) is 3.60. The number of rotatable bonds is 2. The van der Waals surface area contributed by atoms with Gasteiger partial charge in [-0.05, 0) is 6.07 Å². The molecule has 0 aliphatic carbocycles. The summed E-state index contributed by atoms with van der Waals surface area (Å²) in [5.74, 6) is -1.93. The average Bonchev–Trinajstić information content (AvgIpc) is 2.08. The lowest BCUT2D eigenvalue weighted by Gasteiger charge is -2.09. The fraction of sp³-hybridized carbons (Fsp3) is 0.250. The lowest BCUT2D eigenvalue weighted by Crippen LogP contribution is -2.16. The quantitative estimate of drug-likeness (QED) is 0.699. The third-order valence-electron chi connectivity index (χ3n) is 1.58. The van der Waals surface area contributed by atoms with Crippen LogP contribution < -0.4 is 5.73 Å². The molecule has 0 aromatic heterocycles. The highest BCUT2D eigenvalue weighted by molar-refractivity contribution is 5.22.